The van der Waals surface area contributed by atoms with E-state index in [1.54, 1.807) is 23.9 Å². The Morgan fingerprint density at radius 1 is 1.10 bits per heavy atom. The summed E-state index contributed by atoms with van der Waals surface area (Å²) in [7, 11) is 0. The molecule has 2 aromatic carbocycles. The lowest BCUT2D eigenvalue weighted by Gasteiger charge is -2.14. The van der Waals surface area contributed by atoms with Crippen LogP contribution in [0, 0.1) is 5.82 Å². The molecule has 21 heavy (non-hydrogen) atoms. The van der Waals surface area contributed by atoms with Crippen molar-refractivity contribution < 1.29 is 4.39 Å². The first kappa shape index (κ1) is 14.1. The molecule has 0 fully saturated rings. The Kier molecular flexibility index (Phi) is 4.22. The van der Waals surface area contributed by atoms with Gasteiger partial charge in [-0.1, -0.05) is 35.5 Å². The van der Waals surface area contributed by atoms with Crippen LogP contribution < -0.4 is 5.43 Å². The molecule has 6 heteroatoms. The summed E-state index contributed by atoms with van der Waals surface area (Å²) in [5.74, 6) is 0.445. The summed E-state index contributed by atoms with van der Waals surface area (Å²) < 4.78 is 12.8. The van der Waals surface area contributed by atoms with Crippen molar-refractivity contribution in [1.82, 2.24) is 5.43 Å². The first-order valence-electron chi connectivity index (χ1n) is 6.26. The van der Waals surface area contributed by atoms with Gasteiger partial charge in [0.25, 0.3) is 0 Å². The molecule has 0 saturated carbocycles. The second-order valence-electron chi connectivity index (χ2n) is 4.36. The number of halogens is 2. The van der Waals surface area contributed by atoms with Gasteiger partial charge in [-0.15, -0.1) is 0 Å². The smallest absolute Gasteiger partial charge is 0.182 e. The van der Waals surface area contributed by atoms with Gasteiger partial charge >= 0.3 is 0 Å². The molecule has 2 aromatic rings. The number of aliphatic imine (C=N–C) groups is 1. The van der Waals surface area contributed by atoms with Crippen LogP contribution in [0.2, 0.25) is 5.02 Å². The quantitative estimate of drug-likeness (QED) is 0.900. The third kappa shape index (κ3) is 3.62. The second kappa shape index (κ2) is 6.28. The number of hydrogen-bond acceptors (Lipinski definition) is 3. The monoisotopic (exact) mass is 319 g/mol. The predicted octanol–water partition coefficient (Wildman–Crippen LogP) is 4.21. The van der Waals surface area contributed by atoms with Crippen molar-refractivity contribution in [2.24, 2.45) is 10.1 Å². The number of hydrazone groups is 1. The van der Waals surface area contributed by atoms with Crippen molar-refractivity contribution in [3.05, 3.63) is 64.9 Å². The van der Waals surface area contributed by atoms with Crippen molar-refractivity contribution in [2.75, 3.05) is 5.75 Å². The van der Waals surface area contributed by atoms with Crippen LogP contribution in [0.1, 0.15) is 5.56 Å². The highest BCUT2D eigenvalue weighted by atomic mass is 35.5. The lowest BCUT2D eigenvalue weighted by atomic mass is 10.1. The van der Waals surface area contributed by atoms with Crippen LogP contribution in [0.25, 0.3) is 0 Å². The first-order chi connectivity index (χ1) is 10.2. The highest BCUT2D eigenvalue weighted by molar-refractivity contribution is 8.14. The third-order valence-corrected chi connectivity index (χ3v) is 3.99. The summed E-state index contributed by atoms with van der Waals surface area (Å²) in [4.78, 5) is 4.38. The van der Waals surface area contributed by atoms with E-state index in [4.69, 9.17) is 11.6 Å². The van der Waals surface area contributed by atoms with Gasteiger partial charge in [-0.2, -0.15) is 5.10 Å². The largest absolute Gasteiger partial charge is 0.255 e. The van der Waals surface area contributed by atoms with Crippen molar-refractivity contribution in [1.29, 1.82) is 0 Å². The van der Waals surface area contributed by atoms with Crippen molar-refractivity contribution in [2.45, 2.75) is 0 Å². The Labute approximate surface area is 130 Å². The van der Waals surface area contributed by atoms with Crippen molar-refractivity contribution in [3.8, 4) is 0 Å². The lowest BCUT2D eigenvalue weighted by Crippen LogP contribution is -2.25. The van der Waals surface area contributed by atoms with Gasteiger partial charge in [-0.25, -0.2) is 9.38 Å². The van der Waals surface area contributed by atoms with Crippen LogP contribution in [0.3, 0.4) is 0 Å². The van der Waals surface area contributed by atoms with E-state index in [0.717, 1.165) is 11.3 Å². The maximum atomic E-state index is 12.8. The van der Waals surface area contributed by atoms with E-state index < -0.39 is 0 Å². The second-order valence-corrected chi connectivity index (χ2v) is 5.76. The van der Waals surface area contributed by atoms with Crippen LogP contribution in [-0.4, -0.2) is 16.6 Å². The Morgan fingerprint density at radius 3 is 2.43 bits per heavy atom. The van der Waals surface area contributed by atoms with E-state index in [9.17, 15) is 4.39 Å². The average Bonchev–Trinajstić information content (AvgIpc) is 2.51. The molecule has 3 rings (SSSR count). The maximum absolute atomic E-state index is 12.8. The van der Waals surface area contributed by atoms with Crippen LogP contribution >= 0.6 is 23.4 Å². The molecule has 0 saturated heterocycles. The number of nitrogens with zero attached hydrogens (tertiary/aromatic N) is 2. The zero-order chi connectivity index (χ0) is 14.7. The summed E-state index contributed by atoms with van der Waals surface area (Å²) >= 11 is 7.42. The Morgan fingerprint density at radius 2 is 1.81 bits per heavy atom. The molecule has 1 aliphatic rings. The summed E-state index contributed by atoms with van der Waals surface area (Å²) in [5.41, 5.74) is 5.58. The van der Waals surface area contributed by atoms with Crippen LogP contribution in [0.5, 0.6) is 0 Å². The standard InChI is InChI=1S/C15H11ClFN3S/c16-11-3-1-10(2-4-11)14-9-21-15(20-19-14)18-13-7-5-12(17)6-8-13/h1-8H,9H2,(H,18,20). The highest BCUT2D eigenvalue weighted by Crippen LogP contribution is 2.19. The summed E-state index contributed by atoms with van der Waals surface area (Å²) in [6.07, 6.45) is 0. The number of amidine groups is 1. The van der Waals surface area contributed by atoms with Gasteiger partial charge in [-0.3, -0.25) is 5.43 Å². The van der Waals surface area contributed by atoms with E-state index in [1.807, 2.05) is 24.3 Å². The minimum absolute atomic E-state index is 0.272. The van der Waals surface area contributed by atoms with Gasteiger partial charge in [0.1, 0.15) is 5.82 Å². The third-order valence-electron chi connectivity index (χ3n) is 2.87. The molecule has 1 heterocycles. The fraction of sp³-hybridized carbons (Fsp3) is 0.0667. The van der Waals surface area contributed by atoms with Gasteiger partial charge in [0.05, 0.1) is 11.4 Å². The van der Waals surface area contributed by atoms with E-state index in [-0.39, 0.29) is 5.82 Å². The molecular formula is C15H11ClFN3S. The van der Waals surface area contributed by atoms with Gasteiger partial charge in [-0.05, 0) is 42.0 Å². The molecule has 0 radical (unpaired) electrons. The first-order valence-corrected chi connectivity index (χ1v) is 7.63. The summed E-state index contributed by atoms with van der Waals surface area (Å²) in [6.45, 7) is 0. The molecule has 0 bridgehead atoms. The summed E-state index contributed by atoms with van der Waals surface area (Å²) in [6, 6.07) is 13.6. The Bertz CT molecular complexity index is 696. The number of benzene rings is 2. The van der Waals surface area contributed by atoms with Gasteiger partial charge in [0.15, 0.2) is 5.17 Å². The molecule has 0 unspecified atom stereocenters. The molecule has 106 valence electrons. The maximum Gasteiger partial charge on any atom is 0.182 e. The van der Waals surface area contributed by atoms with E-state index in [1.165, 1.54) is 12.1 Å². The van der Waals surface area contributed by atoms with E-state index >= 15 is 0 Å². The SMILES string of the molecule is Fc1ccc(N=C2NN=C(c3ccc(Cl)cc3)CS2)cc1. The van der Waals surface area contributed by atoms with Crippen molar-refractivity contribution in [3.63, 3.8) is 0 Å². The lowest BCUT2D eigenvalue weighted by molar-refractivity contribution is 0.628. The van der Waals surface area contributed by atoms with Gasteiger partial charge in [0.2, 0.25) is 0 Å². The van der Waals surface area contributed by atoms with Gasteiger partial charge in [0, 0.05) is 10.8 Å². The summed E-state index contributed by atoms with van der Waals surface area (Å²) in [5, 5.41) is 5.72. The molecule has 0 aromatic heterocycles. The molecule has 0 aliphatic carbocycles. The zero-order valence-electron chi connectivity index (χ0n) is 10.9. The molecule has 1 aliphatic heterocycles. The average molecular weight is 320 g/mol. The van der Waals surface area contributed by atoms with E-state index in [0.29, 0.717) is 21.6 Å². The minimum atomic E-state index is -0.272. The molecule has 0 amide bonds. The molecule has 3 nitrogen and oxygen atoms in total. The van der Waals surface area contributed by atoms with E-state index in [2.05, 4.69) is 15.5 Å². The zero-order valence-corrected chi connectivity index (χ0v) is 12.5. The molecule has 0 atom stereocenters. The predicted molar refractivity (Wildman–Crippen MR) is 87.1 cm³/mol. The van der Waals surface area contributed by atoms with Crippen LogP contribution in [0.4, 0.5) is 10.1 Å². The normalized spacial score (nSPS) is 16.5. The number of thioether (sulfide) groups is 1. The van der Waals surface area contributed by atoms with Crippen LogP contribution in [0.15, 0.2) is 58.6 Å². The highest BCUT2D eigenvalue weighted by Gasteiger charge is 2.13. The number of nitrogens with one attached hydrogen (secondary N) is 1. The van der Waals surface area contributed by atoms with Crippen LogP contribution in [-0.2, 0) is 0 Å². The number of hydrogen-bond donors (Lipinski definition) is 1. The fourth-order valence-electron chi connectivity index (χ4n) is 1.80. The molecular weight excluding hydrogens is 309 g/mol. The number of rotatable bonds is 2. The topological polar surface area (TPSA) is 36.8 Å². The Hall–Kier alpha value is -1.85. The molecule has 1 N–H and O–H groups in total. The Balaban J connectivity index is 1.74. The molecule has 0 spiro atoms. The fourth-order valence-corrected chi connectivity index (χ4v) is 2.71. The van der Waals surface area contributed by atoms with Crippen molar-refractivity contribution >= 4 is 39.9 Å². The van der Waals surface area contributed by atoms with Gasteiger partial charge < -0.3 is 0 Å². The minimum Gasteiger partial charge on any atom is -0.255 e.